The maximum atomic E-state index is 12.1. The molecular weight excluding hydrogens is 420 g/mol. The number of hydrogen-bond acceptors (Lipinski definition) is 4. The Labute approximate surface area is 193 Å². The van der Waals surface area contributed by atoms with Gasteiger partial charge in [-0.3, -0.25) is 4.79 Å². The monoisotopic (exact) mass is 448 g/mol. The Kier molecular flexibility index (Phi) is 8.09. The number of aliphatic carboxylic acids is 1. The lowest BCUT2D eigenvalue weighted by molar-refractivity contribution is -0.141. The Balaban J connectivity index is 1.48. The van der Waals surface area contributed by atoms with Crippen LogP contribution in [-0.2, 0) is 14.3 Å². The normalized spacial score (nSPS) is 13.5. The highest BCUT2D eigenvalue weighted by atomic mass is 16.5. The van der Waals surface area contributed by atoms with Gasteiger partial charge in [0.05, 0.1) is 6.54 Å². The van der Waals surface area contributed by atoms with Gasteiger partial charge >= 0.3 is 12.1 Å². The van der Waals surface area contributed by atoms with Crippen molar-refractivity contribution < 1.29 is 24.2 Å². The number of benzene rings is 2. The van der Waals surface area contributed by atoms with E-state index in [1.165, 1.54) is 0 Å². The summed E-state index contributed by atoms with van der Waals surface area (Å²) in [4.78, 5) is 35.3. The number of carboxylic acid groups (broad SMARTS) is 1. The molecule has 7 nitrogen and oxygen atoms in total. The van der Waals surface area contributed by atoms with E-state index in [2.05, 4.69) is 34.6 Å². The Morgan fingerprint density at radius 2 is 1.67 bits per heavy atom. The first-order chi connectivity index (χ1) is 15.9. The highest BCUT2D eigenvalue weighted by Gasteiger charge is 2.29. The summed E-state index contributed by atoms with van der Waals surface area (Å²) in [5, 5.41) is 14.1. The van der Waals surface area contributed by atoms with Crippen molar-refractivity contribution in [2.75, 3.05) is 13.2 Å². The van der Waals surface area contributed by atoms with Crippen LogP contribution >= 0.6 is 0 Å². The third-order valence-electron chi connectivity index (χ3n) is 5.81. The van der Waals surface area contributed by atoms with Gasteiger partial charge in [0.2, 0.25) is 0 Å². The largest absolute Gasteiger partial charge is 0.480 e. The van der Waals surface area contributed by atoms with Crippen molar-refractivity contribution in [3.05, 3.63) is 59.7 Å². The van der Waals surface area contributed by atoms with Crippen molar-refractivity contribution in [3.8, 4) is 23.0 Å². The van der Waals surface area contributed by atoms with Gasteiger partial charge in [0.15, 0.2) is 0 Å². The second-order valence-electron chi connectivity index (χ2n) is 8.09. The third kappa shape index (κ3) is 6.13. The van der Waals surface area contributed by atoms with Crippen molar-refractivity contribution in [1.82, 2.24) is 10.6 Å². The minimum absolute atomic E-state index is 0.0431. The third-order valence-corrected chi connectivity index (χ3v) is 5.81. The molecule has 172 valence electrons. The summed E-state index contributed by atoms with van der Waals surface area (Å²) < 4.78 is 5.40. The van der Waals surface area contributed by atoms with Crippen LogP contribution in [0.15, 0.2) is 48.5 Å². The molecule has 7 heteroatoms. The fraction of sp³-hybridized carbons (Fsp3) is 0.346. The van der Waals surface area contributed by atoms with Crippen molar-refractivity contribution in [1.29, 1.82) is 0 Å². The van der Waals surface area contributed by atoms with Crippen LogP contribution in [0.5, 0.6) is 0 Å². The molecule has 0 aliphatic heterocycles. The standard InChI is InChI=1S/C26H28N2O5/c1-3-17(2)15-23(25(30)31)28-24(29)13-8-14-27-26(32)33-16-22-20-11-6-4-9-18(20)19-10-5-7-12-21(19)22/h4-7,9-12,17,22-23H,3,14-16H2,1-2H3,(H,27,32)(H,28,29)(H,30,31). The average Bonchev–Trinajstić information content (AvgIpc) is 3.13. The second kappa shape index (κ2) is 11.2. The number of amides is 2. The number of ether oxygens (including phenoxy) is 1. The van der Waals surface area contributed by atoms with Crippen molar-refractivity contribution in [3.63, 3.8) is 0 Å². The minimum Gasteiger partial charge on any atom is -0.480 e. The first kappa shape index (κ1) is 23.9. The highest BCUT2D eigenvalue weighted by Crippen LogP contribution is 2.44. The minimum atomic E-state index is -1.10. The molecule has 0 bridgehead atoms. The molecular formula is C26H28N2O5. The van der Waals surface area contributed by atoms with Gasteiger partial charge in [-0.2, -0.15) is 0 Å². The SMILES string of the molecule is CCC(C)CC(NC(=O)C#CCNC(=O)OCC1c2ccccc2-c2ccccc21)C(=O)O. The smallest absolute Gasteiger partial charge is 0.407 e. The predicted octanol–water partition coefficient (Wildman–Crippen LogP) is 3.53. The maximum Gasteiger partial charge on any atom is 0.407 e. The van der Waals surface area contributed by atoms with Crippen molar-refractivity contribution in [2.45, 2.75) is 38.6 Å². The lowest BCUT2D eigenvalue weighted by Gasteiger charge is -2.16. The number of carbonyl (C=O) groups excluding carboxylic acids is 2. The molecule has 2 atom stereocenters. The lowest BCUT2D eigenvalue weighted by Crippen LogP contribution is -2.41. The second-order valence-corrected chi connectivity index (χ2v) is 8.09. The molecule has 2 unspecified atom stereocenters. The topological polar surface area (TPSA) is 105 Å². The number of rotatable bonds is 8. The quantitative estimate of drug-likeness (QED) is 0.536. The lowest BCUT2D eigenvalue weighted by atomic mass is 9.98. The van der Waals surface area contributed by atoms with Crippen LogP contribution in [0.4, 0.5) is 4.79 Å². The van der Waals surface area contributed by atoms with E-state index < -0.39 is 24.0 Å². The number of fused-ring (bicyclic) bond motifs is 3. The van der Waals surface area contributed by atoms with Crippen molar-refractivity contribution in [2.24, 2.45) is 5.92 Å². The molecule has 0 saturated heterocycles. The van der Waals surface area contributed by atoms with E-state index in [0.717, 1.165) is 28.7 Å². The molecule has 0 saturated carbocycles. The van der Waals surface area contributed by atoms with Crippen LogP contribution in [0.2, 0.25) is 0 Å². The Hall–Kier alpha value is -3.79. The summed E-state index contributed by atoms with van der Waals surface area (Å²) in [7, 11) is 0. The van der Waals surface area contributed by atoms with Gasteiger partial charge in [-0.25, -0.2) is 9.59 Å². The molecule has 0 radical (unpaired) electrons. The Morgan fingerprint density at radius 3 is 2.24 bits per heavy atom. The van der Waals surface area contributed by atoms with Crippen LogP contribution in [0.3, 0.4) is 0 Å². The highest BCUT2D eigenvalue weighted by molar-refractivity contribution is 5.96. The first-order valence-corrected chi connectivity index (χ1v) is 11.0. The van der Waals surface area contributed by atoms with Gasteiger partial charge in [0.25, 0.3) is 5.91 Å². The molecule has 3 rings (SSSR count). The van der Waals surface area contributed by atoms with E-state index in [1.54, 1.807) is 0 Å². The molecule has 2 amide bonds. The predicted molar refractivity (Wildman–Crippen MR) is 124 cm³/mol. The van der Waals surface area contributed by atoms with E-state index >= 15 is 0 Å². The van der Waals surface area contributed by atoms with Crippen LogP contribution in [0.1, 0.15) is 43.7 Å². The molecule has 2 aromatic carbocycles. The summed E-state index contributed by atoms with van der Waals surface area (Å²) in [6.07, 6.45) is 0.513. The van der Waals surface area contributed by atoms with E-state index in [-0.39, 0.29) is 25.0 Å². The summed E-state index contributed by atoms with van der Waals surface area (Å²) in [5.74, 6) is 3.15. The van der Waals surface area contributed by atoms with E-state index in [1.807, 2.05) is 50.2 Å². The van der Waals surface area contributed by atoms with Gasteiger partial charge in [-0.15, -0.1) is 0 Å². The van der Waals surface area contributed by atoms with Gasteiger partial charge in [0, 0.05) is 5.92 Å². The molecule has 1 aliphatic carbocycles. The van der Waals surface area contributed by atoms with Gasteiger partial charge in [-0.05, 0) is 40.5 Å². The average molecular weight is 449 g/mol. The van der Waals surface area contributed by atoms with Gasteiger partial charge < -0.3 is 20.5 Å². The number of carbonyl (C=O) groups is 3. The fourth-order valence-electron chi connectivity index (χ4n) is 3.88. The maximum absolute atomic E-state index is 12.1. The molecule has 33 heavy (non-hydrogen) atoms. The molecule has 0 heterocycles. The number of carboxylic acids is 1. The van der Waals surface area contributed by atoms with E-state index in [0.29, 0.717) is 6.42 Å². The summed E-state index contributed by atoms with van der Waals surface area (Å²) in [6, 6.07) is 15.1. The number of hydrogen-bond donors (Lipinski definition) is 3. The Morgan fingerprint density at radius 1 is 1.06 bits per heavy atom. The Bertz CT molecular complexity index is 1040. The molecule has 3 N–H and O–H groups in total. The zero-order chi connectivity index (χ0) is 23.8. The molecule has 0 aromatic heterocycles. The molecule has 1 aliphatic rings. The fourth-order valence-corrected chi connectivity index (χ4v) is 3.88. The van der Waals surface area contributed by atoms with Crippen LogP contribution in [0, 0.1) is 17.8 Å². The van der Waals surface area contributed by atoms with Gasteiger partial charge in [0.1, 0.15) is 12.6 Å². The van der Waals surface area contributed by atoms with Crippen LogP contribution in [-0.4, -0.2) is 42.3 Å². The molecule has 2 aromatic rings. The zero-order valence-corrected chi connectivity index (χ0v) is 18.8. The van der Waals surface area contributed by atoms with E-state index in [4.69, 9.17) is 4.74 Å². The first-order valence-electron chi connectivity index (χ1n) is 11.0. The van der Waals surface area contributed by atoms with Crippen molar-refractivity contribution >= 4 is 18.0 Å². The number of alkyl carbamates (subject to hydrolysis) is 1. The van der Waals surface area contributed by atoms with Crippen LogP contribution < -0.4 is 10.6 Å². The molecule has 0 fully saturated rings. The van der Waals surface area contributed by atoms with E-state index in [9.17, 15) is 19.5 Å². The van der Waals surface area contributed by atoms with Crippen LogP contribution in [0.25, 0.3) is 11.1 Å². The summed E-state index contributed by atoms with van der Waals surface area (Å²) in [5.41, 5.74) is 4.53. The molecule has 0 spiro atoms. The summed E-state index contributed by atoms with van der Waals surface area (Å²) in [6.45, 7) is 3.98. The van der Waals surface area contributed by atoms with Gasteiger partial charge in [-0.1, -0.05) is 74.7 Å². The summed E-state index contributed by atoms with van der Waals surface area (Å²) >= 11 is 0. The number of nitrogens with one attached hydrogen (secondary N) is 2. The zero-order valence-electron chi connectivity index (χ0n) is 18.8.